The maximum atomic E-state index is 12.6. The van der Waals surface area contributed by atoms with Crippen molar-refractivity contribution in [2.75, 3.05) is 17.2 Å². The molecule has 1 fully saturated rings. The van der Waals surface area contributed by atoms with Crippen LogP contribution in [-0.2, 0) is 16.1 Å². The Morgan fingerprint density at radius 2 is 2.05 bits per heavy atom. The third-order valence-corrected chi connectivity index (χ3v) is 7.17. The number of pyridine rings is 1. The van der Waals surface area contributed by atoms with Gasteiger partial charge in [0.2, 0.25) is 5.91 Å². The van der Waals surface area contributed by atoms with E-state index in [1.54, 1.807) is 36.6 Å². The fraction of sp³-hybridized carbons (Fsp3) is 0.276. The fourth-order valence-electron chi connectivity index (χ4n) is 3.98. The summed E-state index contributed by atoms with van der Waals surface area (Å²) in [6.07, 6.45) is 10.9. The zero-order valence-corrected chi connectivity index (χ0v) is 23.3. The fourth-order valence-corrected chi connectivity index (χ4v) is 4.68. The van der Waals surface area contributed by atoms with Crippen molar-refractivity contribution >= 4 is 57.9 Å². The molecule has 4 aromatic rings. The van der Waals surface area contributed by atoms with Gasteiger partial charge in [0, 0.05) is 53.7 Å². The van der Waals surface area contributed by atoms with E-state index in [0.717, 1.165) is 16.5 Å². The molecule has 1 amide bonds. The molecular formula is C29H32N8O2S. The number of amides is 1. The molecule has 10 nitrogen and oxygen atoms in total. The summed E-state index contributed by atoms with van der Waals surface area (Å²) in [4.78, 5) is 26.2. The van der Waals surface area contributed by atoms with Crippen molar-refractivity contribution in [3.8, 4) is 0 Å². The topological polar surface area (TPSA) is 132 Å². The van der Waals surface area contributed by atoms with E-state index in [1.165, 1.54) is 19.0 Å². The maximum absolute atomic E-state index is 12.6. The highest BCUT2D eigenvalue weighted by Gasteiger charge is 2.21. The van der Waals surface area contributed by atoms with E-state index in [-0.39, 0.29) is 18.6 Å². The molecule has 0 unspecified atom stereocenters. The van der Waals surface area contributed by atoms with E-state index in [4.69, 9.17) is 10.5 Å². The highest BCUT2D eigenvalue weighted by molar-refractivity contribution is 7.99. The lowest BCUT2D eigenvalue weighted by atomic mass is 10.2. The van der Waals surface area contributed by atoms with Gasteiger partial charge < -0.3 is 25.7 Å². The van der Waals surface area contributed by atoms with Crippen LogP contribution in [0.1, 0.15) is 44.1 Å². The van der Waals surface area contributed by atoms with Crippen LogP contribution in [0, 0.1) is 0 Å². The Morgan fingerprint density at radius 3 is 2.80 bits per heavy atom. The lowest BCUT2D eigenvalue weighted by Crippen LogP contribution is -2.18. The molecule has 0 bridgehead atoms. The normalized spacial score (nSPS) is 13.8. The Labute approximate surface area is 237 Å². The van der Waals surface area contributed by atoms with Crippen molar-refractivity contribution in [1.82, 2.24) is 19.5 Å². The quantitative estimate of drug-likeness (QED) is 0.154. The second-order valence-corrected chi connectivity index (χ2v) is 10.8. The van der Waals surface area contributed by atoms with Crippen molar-refractivity contribution in [2.45, 2.75) is 44.6 Å². The molecule has 1 aliphatic carbocycles. The molecule has 4 N–H and O–H groups in total. The van der Waals surface area contributed by atoms with E-state index < -0.39 is 0 Å². The number of nitrogens with two attached hydrogens (primary N) is 1. The van der Waals surface area contributed by atoms with Gasteiger partial charge in [-0.25, -0.2) is 19.3 Å². The van der Waals surface area contributed by atoms with Crippen LogP contribution in [0.5, 0.6) is 0 Å². The predicted molar refractivity (Wildman–Crippen MR) is 161 cm³/mol. The molecule has 0 aliphatic heterocycles. The number of carbonyl (C=O) groups excluding carboxylic acids is 1. The van der Waals surface area contributed by atoms with E-state index in [1.807, 2.05) is 42.6 Å². The van der Waals surface area contributed by atoms with E-state index >= 15 is 0 Å². The molecule has 5 rings (SSSR count). The van der Waals surface area contributed by atoms with Gasteiger partial charge in [-0.05, 0) is 50.3 Å². The van der Waals surface area contributed by atoms with Crippen molar-refractivity contribution in [1.29, 1.82) is 0 Å². The second-order valence-electron chi connectivity index (χ2n) is 9.71. The highest BCUT2D eigenvalue weighted by Crippen LogP contribution is 2.34. The van der Waals surface area contributed by atoms with Gasteiger partial charge in [0.15, 0.2) is 5.82 Å². The Morgan fingerprint density at radius 1 is 1.23 bits per heavy atom. The number of benzene rings is 1. The van der Waals surface area contributed by atoms with Gasteiger partial charge in [-0.15, -0.1) is 0 Å². The van der Waals surface area contributed by atoms with E-state index in [9.17, 15) is 4.79 Å². The van der Waals surface area contributed by atoms with Crippen LogP contribution in [0.4, 0.5) is 17.3 Å². The average Bonchev–Trinajstić information content (AvgIpc) is 3.72. The number of rotatable bonds is 12. The Hall–Kier alpha value is -4.22. The van der Waals surface area contributed by atoms with Crippen LogP contribution in [0.25, 0.3) is 16.5 Å². The minimum atomic E-state index is -0.225. The van der Waals surface area contributed by atoms with Crippen LogP contribution >= 0.6 is 11.9 Å². The first-order chi connectivity index (χ1) is 19.5. The number of hydrogen-bond acceptors (Lipinski definition) is 9. The molecule has 0 spiro atoms. The summed E-state index contributed by atoms with van der Waals surface area (Å²) in [6.45, 7) is 4.50. The molecule has 0 atom stereocenters. The Kier molecular flexibility index (Phi) is 8.72. The van der Waals surface area contributed by atoms with Crippen molar-refractivity contribution in [2.24, 2.45) is 10.1 Å². The van der Waals surface area contributed by atoms with Gasteiger partial charge in [-0.2, -0.15) is 0 Å². The average molecular weight is 557 g/mol. The molecular weight excluding hydrogens is 524 g/mol. The summed E-state index contributed by atoms with van der Waals surface area (Å²) in [7, 11) is 0. The minimum absolute atomic E-state index is 0.0461. The molecule has 3 aromatic heterocycles. The van der Waals surface area contributed by atoms with Gasteiger partial charge in [0.25, 0.3) is 0 Å². The second kappa shape index (κ2) is 12.8. The number of hydrogen-bond donors (Lipinski definition) is 3. The molecule has 0 radical (unpaired) electrons. The molecule has 0 saturated heterocycles. The van der Waals surface area contributed by atoms with Crippen molar-refractivity contribution < 1.29 is 9.53 Å². The number of aromatic nitrogens is 4. The number of carbonyl (C=O) groups is 1. The van der Waals surface area contributed by atoms with Crippen LogP contribution in [0.15, 0.2) is 71.7 Å². The number of fused-ring (bicyclic) bond motifs is 1. The Balaban J connectivity index is 1.29. The highest BCUT2D eigenvalue weighted by atomic mass is 32.2. The van der Waals surface area contributed by atoms with Crippen LogP contribution in [-0.4, -0.2) is 43.5 Å². The number of allylic oxidation sites excluding steroid dienone is 1. The van der Waals surface area contributed by atoms with Crippen LogP contribution < -0.4 is 16.4 Å². The standard InChI is InChI=1S/C29H32N8O2S/c1-19(2)37-16-24(34-28(38)18-39-17-20-6-4-3-5-7-20)23-15-32-27(12-25(23)37)35-26-10-11-31-29(36-26)21(13-30)14-33-40-22-8-9-22/h3-7,10-16,19,22H,8-9,17-18,30H2,1-2H3,(H,34,38)(H,31,32,35,36). The minimum Gasteiger partial charge on any atom is -0.404 e. The zero-order valence-electron chi connectivity index (χ0n) is 22.4. The Bertz CT molecular complexity index is 1530. The molecule has 11 heteroatoms. The van der Waals surface area contributed by atoms with Crippen LogP contribution in [0.2, 0.25) is 0 Å². The van der Waals surface area contributed by atoms with Crippen LogP contribution in [0.3, 0.4) is 0 Å². The SMILES string of the molecule is CC(C)n1cc(NC(=O)COCc2ccccc2)c2cnc(Nc3ccnc(C(C=NSC4CC4)=CN)n3)cc21. The van der Waals surface area contributed by atoms with Gasteiger partial charge >= 0.3 is 0 Å². The molecule has 1 saturated carbocycles. The summed E-state index contributed by atoms with van der Waals surface area (Å²) in [5, 5.41) is 7.67. The first-order valence-electron chi connectivity index (χ1n) is 13.1. The predicted octanol–water partition coefficient (Wildman–Crippen LogP) is 5.49. The number of ether oxygens (including phenoxy) is 1. The first-order valence-corrected chi connectivity index (χ1v) is 14.0. The smallest absolute Gasteiger partial charge is 0.250 e. The van der Waals surface area contributed by atoms with Gasteiger partial charge in [-0.1, -0.05) is 30.3 Å². The molecule has 1 aromatic carbocycles. The number of anilines is 3. The number of nitrogens with one attached hydrogen (secondary N) is 2. The molecule has 40 heavy (non-hydrogen) atoms. The summed E-state index contributed by atoms with van der Waals surface area (Å²) in [6, 6.07) is 13.6. The largest absolute Gasteiger partial charge is 0.404 e. The molecule has 3 heterocycles. The van der Waals surface area contributed by atoms with Crippen molar-refractivity contribution in [3.63, 3.8) is 0 Å². The lowest BCUT2D eigenvalue weighted by Gasteiger charge is -2.10. The van der Waals surface area contributed by atoms with Gasteiger partial charge in [-0.3, -0.25) is 4.79 Å². The third-order valence-electron chi connectivity index (χ3n) is 6.17. The van der Waals surface area contributed by atoms with Crippen molar-refractivity contribution in [3.05, 3.63) is 78.6 Å². The number of nitrogens with zero attached hydrogens (tertiary/aromatic N) is 5. The molecule has 206 valence electrons. The summed E-state index contributed by atoms with van der Waals surface area (Å²) < 4.78 is 12.1. The first kappa shape index (κ1) is 27.4. The summed E-state index contributed by atoms with van der Waals surface area (Å²) in [5.74, 6) is 1.43. The third kappa shape index (κ3) is 7.04. The lowest BCUT2D eigenvalue weighted by molar-refractivity contribution is -0.121. The summed E-state index contributed by atoms with van der Waals surface area (Å²) >= 11 is 1.56. The monoisotopic (exact) mass is 556 g/mol. The van der Waals surface area contributed by atoms with Gasteiger partial charge in [0.05, 0.1) is 23.4 Å². The summed E-state index contributed by atoms with van der Waals surface area (Å²) in [5.41, 5.74) is 9.09. The molecule has 1 aliphatic rings. The van der Waals surface area contributed by atoms with E-state index in [2.05, 4.69) is 48.4 Å². The van der Waals surface area contributed by atoms with E-state index in [0.29, 0.717) is 40.6 Å². The van der Waals surface area contributed by atoms with Gasteiger partial charge in [0.1, 0.15) is 18.2 Å². The maximum Gasteiger partial charge on any atom is 0.250 e. The zero-order chi connectivity index (χ0) is 27.9.